The number of anilines is 6. The molecule has 0 aliphatic rings. The molecule has 0 saturated carbocycles. The highest BCUT2D eigenvalue weighted by atomic mass is 15.2. The van der Waals surface area contributed by atoms with E-state index in [9.17, 15) is 0 Å². The van der Waals surface area contributed by atoms with Crippen molar-refractivity contribution < 1.29 is 0 Å². The van der Waals surface area contributed by atoms with Crippen LogP contribution in [0.4, 0.5) is 34.1 Å². The minimum absolute atomic E-state index is 1.10. The molecule has 0 aliphatic heterocycles. The van der Waals surface area contributed by atoms with Crippen LogP contribution in [0, 0.1) is 27.7 Å². The Hall–Kier alpha value is -10.9. The van der Waals surface area contributed by atoms with Crippen LogP contribution in [0.25, 0.3) is 121 Å². The van der Waals surface area contributed by atoms with Gasteiger partial charge in [0.2, 0.25) is 0 Å². The quantitative estimate of drug-likeness (QED) is 0.136. The van der Waals surface area contributed by atoms with Crippen LogP contribution in [0.15, 0.2) is 279 Å². The van der Waals surface area contributed by atoms with E-state index >= 15 is 0 Å². The number of aryl methyl sites for hydroxylation is 4. The molecule has 406 valence electrons. The molecule has 4 aromatic heterocycles. The number of fused-ring (bicyclic) bond motifs is 12. The first-order valence-corrected chi connectivity index (χ1v) is 29.9. The minimum Gasteiger partial charge on any atom is -0.309 e. The summed E-state index contributed by atoms with van der Waals surface area (Å²) in [7, 11) is 0. The number of para-hydroxylation sites is 2. The fourth-order valence-electron chi connectivity index (χ4n) is 14.8. The highest BCUT2D eigenvalue weighted by Crippen LogP contribution is 2.54. The van der Waals surface area contributed by atoms with E-state index in [0.717, 1.165) is 34.1 Å². The van der Waals surface area contributed by atoms with Crippen molar-refractivity contribution in [3.63, 3.8) is 0 Å². The molecule has 0 amide bonds. The van der Waals surface area contributed by atoms with Crippen molar-refractivity contribution in [3.8, 4) is 44.5 Å². The first-order valence-electron chi connectivity index (χ1n) is 29.9. The third kappa shape index (κ3) is 7.49. The maximum Gasteiger partial charge on any atom is 0.0641 e. The number of nitrogens with zero attached hydrogens (tertiary/aromatic N) is 4. The summed E-state index contributed by atoms with van der Waals surface area (Å²) in [5.74, 6) is 0. The second-order valence-corrected chi connectivity index (χ2v) is 23.5. The Morgan fingerprint density at radius 3 is 1.01 bits per heavy atom. The van der Waals surface area contributed by atoms with Crippen molar-refractivity contribution in [3.05, 3.63) is 301 Å². The highest BCUT2D eigenvalue weighted by molar-refractivity contribution is 6.32. The minimum atomic E-state index is 1.10. The highest BCUT2D eigenvalue weighted by Gasteiger charge is 2.30. The summed E-state index contributed by atoms with van der Waals surface area (Å²) in [5, 5.41) is 9.84. The lowest BCUT2D eigenvalue weighted by atomic mass is 9.94. The van der Waals surface area contributed by atoms with Crippen molar-refractivity contribution in [1.29, 1.82) is 0 Å². The maximum absolute atomic E-state index is 2.57. The number of rotatable bonds is 10. The van der Waals surface area contributed by atoms with E-state index in [2.05, 4.69) is 325 Å². The number of hydrogen-bond acceptors (Lipinski definition) is 2. The Balaban J connectivity index is 0.940. The summed E-state index contributed by atoms with van der Waals surface area (Å²) in [6.07, 6.45) is 0. The molecule has 0 atom stereocenters. The van der Waals surface area contributed by atoms with Gasteiger partial charge in [0.05, 0.1) is 55.8 Å². The van der Waals surface area contributed by atoms with Gasteiger partial charge in [0.15, 0.2) is 0 Å². The van der Waals surface area contributed by atoms with Crippen LogP contribution in [0.1, 0.15) is 22.3 Å². The van der Waals surface area contributed by atoms with E-state index in [1.54, 1.807) is 0 Å². The van der Waals surface area contributed by atoms with Crippen molar-refractivity contribution in [2.24, 2.45) is 0 Å². The number of benzene rings is 13. The fourth-order valence-corrected chi connectivity index (χ4v) is 14.8. The normalized spacial score (nSPS) is 12.0. The zero-order valence-electron chi connectivity index (χ0n) is 48.3. The standard InChI is InChI=1S/C82H58N4/c1-51-43-53(3)77(57-27-13-7-14-28-57)75(45-51)83(61-33-21-31-59(47-61)55-23-9-5-10-24-55)71-41-39-63-67-49-74-68(50-73(67)85-69-37-19-17-35-65(69)79(71)81(63)85)64-40-42-72(80-66-36-18-20-38-70(66)86(74)82(64)80)84(62-34-22-32-60(48-62)56-25-11-6-12-26-56)76-46-52(2)44-54(4)78(76)58-29-15-8-16-30-58/h5-50H,1-4H3. The van der Waals surface area contributed by atoms with Crippen LogP contribution in [0.2, 0.25) is 0 Å². The Kier molecular flexibility index (Phi) is 11.2. The molecule has 17 rings (SSSR count). The summed E-state index contributed by atoms with van der Waals surface area (Å²) in [6.45, 7) is 8.99. The van der Waals surface area contributed by atoms with E-state index < -0.39 is 0 Å². The van der Waals surface area contributed by atoms with E-state index in [0.29, 0.717) is 0 Å². The van der Waals surface area contributed by atoms with E-state index in [1.807, 2.05) is 0 Å². The summed E-state index contributed by atoms with van der Waals surface area (Å²) in [4.78, 5) is 5.10. The molecular weight excluding hydrogens is 1040 g/mol. The van der Waals surface area contributed by atoms with Gasteiger partial charge in [-0.2, -0.15) is 0 Å². The summed E-state index contributed by atoms with van der Waals surface area (Å²) in [6, 6.07) is 104. The van der Waals surface area contributed by atoms with Crippen LogP contribution >= 0.6 is 0 Å². The van der Waals surface area contributed by atoms with E-state index in [-0.39, 0.29) is 0 Å². The average Bonchev–Trinajstić information content (AvgIpc) is 2.01. The van der Waals surface area contributed by atoms with Gasteiger partial charge in [0.25, 0.3) is 0 Å². The molecule has 0 aliphatic carbocycles. The van der Waals surface area contributed by atoms with Crippen molar-refractivity contribution in [1.82, 2.24) is 8.80 Å². The van der Waals surface area contributed by atoms with Gasteiger partial charge in [-0.15, -0.1) is 0 Å². The molecule has 4 heterocycles. The molecule has 86 heavy (non-hydrogen) atoms. The number of hydrogen-bond donors (Lipinski definition) is 0. The monoisotopic (exact) mass is 1100 g/mol. The molecule has 0 radical (unpaired) electrons. The number of aromatic nitrogens is 2. The lowest BCUT2D eigenvalue weighted by molar-refractivity contribution is 1.26. The molecule has 0 fully saturated rings. The van der Waals surface area contributed by atoms with Gasteiger partial charge in [-0.3, -0.25) is 0 Å². The predicted molar refractivity (Wildman–Crippen MR) is 366 cm³/mol. The molecule has 4 nitrogen and oxygen atoms in total. The van der Waals surface area contributed by atoms with Gasteiger partial charge in [-0.25, -0.2) is 0 Å². The molecule has 0 spiro atoms. The maximum atomic E-state index is 2.57. The van der Waals surface area contributed by atoms with Crippen LogP contribution in [0.5, 0.6) is 0 Å². The third-order valence-electron chi connectivity index (χ3n) is 18.2. The largest absolute Gasteiger partial charge is 0.309 e. The van der Waals surface area contributed by atoms with Gasteiger partial charge >= 0.3 is 0 Å². The van der Waals surface area contributed by atoms with Crippen LogP contribution in [-0.2, 0) is 0 Å². The van der Waals surface area contributed by atoms with Gasteiger partial charge in [0.1, 0.15) is 0 Å². The van der Waals surface area contributed by atoms with Crippen LogP contribution in [-0.4, -0.2) is 8.80 Å². The summed E-state index contributed by atoms with van der Waals surface area (Å²) >= 11 is 0. The lowest BCUT2D eigenvalue weighted by Gasteiger charge is -2.30. The van der Waals surface area contributed by atoms with E-state index in [1.165, 1.54) is 143 Å². The van der Waals surface area contributed by atoms with Gasteiger partial charge in [-0.1, -0.05) is 206 Å². The van der Waals surface area contributed by atoms with Crippen molar-refractivity contribution in [2.45, 2.75) is 27.7 Å². The molecule has 0 bridgehead atoms. The molecule has 0 N–H and O–H groups in total. The third-order valence-corrected chi connectivity index (χ3v) is 18.2. The van der Waals surface area contributed by atoms with Gasteiger partial charge in [-0.05, 0) is 156 Å². The average molecular weight is 1100 g/mol. The first kappa shape index (κ1) is 49.7. The Morgan fingerprint density at radius 1 is 0.244 bits per heavy atom. The zero-order chi connectivity index (χ0) is 57.3. The predicted octanol–water partition coefficient (Wildman–Crippen LogP) is 22.8. The second kappa shape index (κ2) is 19.3. The van der Waals surface area contributed by atoms with E-state index in [4.69, 9.17) is 0 Å². The topological polar surface area (TPSA) is 15.3 Å². The van der Waals surface area contributed by atoms with Crippen molar-refractivity contribution in [2.75, 3.05) is 9.80 Å². The smallest absolute Gasteiger partial charge is 0.0641 e. The van der Waals surface area contributed by atoms with Crippen LogP contribution in [0.3, 0.4) is 0 Å². The fraction of sp³-hybridized carbons (Fsp3) is 0.0488. The molecule has 0 unspecified atom stereocenters. The molecular formula is C82H58N4. The summed E-state index contributed by atoms with van der Waals surface area (Å²) < 4.78 is 5.14. The van der Waals surface area contributed by atoms with Gasteiger partial charge in [0, 0.05) is 65.6 Å². The Labute approximate surface area is 499 Å². The lowest BCUT2D eigenvalue weighted by Crippen LogP contribution is -2.13. The zero-order valence-corrected chi connectivity index (χ0v) is 48.3. The first-order chi connectivity index (χ1) is 42.3. The molecule has 17 aromatic rings. The Bertz CT molecular complexity index is 5160. The van der Waals surface area contributed by atoms with Gasteiger partial charge < -0.3 is 18.6 Å². The molecule has 13 aromatic carbocycles. The second-order valence-electron chi connectivity index (χ2n) is 23.5. The molecule has 0 saturated heterocycles. The SMILES string of the molecule is Cc1cc(C)c(-c2ccccc2)c(N(c2cccc(-c3ccccc3)c2)c2ccc3c4cc5c(cc4n4c6ccccc6c2c34)c2ccc(N(c3cccc(-c4ccccc4)c3)c3cc(C)cc(C)c3-c3ccccc3)c3c4ccccc4n5c23)c1. The van der Waals surface area contributed by atoms with Crippen LogP contribution < -0.4 is 9.80 Å². The Morgan fingerprint density at radius 2 is 0.605 bits per heavy atom. The summed E-state index contributed by atoms with van der Waals surface area (Å²) in [5.41, 5.74) is 28.5. The van der Waals surface area contributed by atoms with Crippen molar-refractivity contribution >= 4 is 110 Å². The molecule has 4 heteroatoms.